The highest BCUT2D eigenvalue weighted by Crippen LogP contribution is 2.29. The SMILES string of the molecule is Cc1ccc(S(=O)(=O)N(CC(=O)N(CCc2ccccc2)C(C)C(=O)NC(C)C)c2cccc(C)c2C)cc1. The van der Waals surface area contributed by atoms with Crippen LogP contribution in [0.4, 0.5) is 5.69 Å². The van der Waals surface area contributed by atoms with Crippen LogP contribution < -0.4 is 9.62 Å². The molecule has 0 bridgehead atoms. The fourth-order valence-electron chi connectivity index (χ4n) is 4.33. The van der Waals surface area contributed by atoms with Crippen molar-refractivity contribution in [2.24, 2.45) is 0 Å². The molecule has 0 saturated carbocycles. The fourth-order valence-corrected chi connectivity index (χ4v) is 5.80. The van der Waals surface area contributed by atoms with Gasteiger partial charge in [0, 0.05) is 12.6 Å². The summed E-state index contributed by atoms with van der Waals surface area (Å²) >= 11 is 0. The molecule has 1 atom stereocenters. The van der Waals surface area contributed by atoms with Gasteiger partial charge in [0.15, 0.2) is 0 Å². The monoisotopic (exact) mass is 549 g/mol. The number of sulfonamides is 1. The highest BCUT2D eigenvalue weighted by molar-refractivity contribution is 7.92. The number of carbonyl (C=O) groups is 2. The van der Waals surface area contributed by atoms with Gasteiger partial charge in [0.05, 0.1) is 10.6 Å². The molecule has 0 aliphatic carbocycles. The molecule has 0 aromatic heterocycles. The summed E-state index contributed by atoms with van der Waals surface area (Å²) in [6.07, 6.45) is 0.528. The number of hydrogen-bond acceptors (Lipinski definition) is 4. The molecule has 1 N–H and O–H groups in total. The van der Waals surface area contributed by atoms with Gasteiger partial charge in [0.25, 0.3) is 10.0 Å². The van der Waals surface area contributed by atoms with Crippen molar-refractivity contribution in [1.82, 2.24) is 10.2 Å². The van der Waals surface area contributed by atoms with Gasteiger partial charge in [0.1, 0.15) is 12.6 Å². The van der Waals surface area contributed by atoms with E-state index in [-0.39, 0.29) is 23.4 Å². The Hall–Kier alpha value is -3.65. The summed E-state index contributed by atoms with van der Waals surface area (Å²) in [4.78, 5) is 28.5. The Balaban J connectivity index is 2.02. The predicted molar refractivity (Wildman–Crippen MR) is 156 cm³/mol. The quantitative estimate of drug-likeness (QED) is 0.373. The molecule has 7 nitrogen and oxygen atoms in total. The molecule has 0 spiro atoms. The Kier molecular flexibility index (Phi) is 9.92. The number of nitrogens with one attached hydrogen (secondary N) is 1. The Labute approximate surface area is 232 Å². The van der Waals surface area contributed by atoms with Gasteiger partial charge in [-0.05, 0) is 82.9 Å². The van der Waals surface area contributed by atoms with Crippen molar-refractivity contribution in [2.45, 2.75) is 64.9 Å². The Morgan fingerprint density at radius 1 is 0.846 bits per heavy atom. The number of nitrogens with zero attached hydrogens (tertiary/aromatic N) is 2. The lowest BCUT2D eigenvalue weighted by Gasteiger charge is -2.33. The third kappa shape index (κ3) is 7.47. The fraction of sp³-hybridized carbons (Fsp3) is 0.355. The molecule has 0 aliphatic rings. The summed E-state index contributed by atoms with van der Waals surface area (Å²) in [6.45, 7) is 10.9. The number of amides is 2. The number of anilines is 1. The van der Waals surface area contributed by atoms with Crippen LogP contribution in [0.2, 0.25) is 0 Å². The molecule has 0 fully saturated rings. The van der Waals surface area contributed by atoms with Crippen LogP contribution >= 0.6 is 0 Å². The number of aryl methyl sites for hydroxylation is 2. The van der Waals surface area contributed by atoms with Crippen LogP contribution in [0.3, 0.4) is 0 Å². The second-order valence-electron chi connectivity index (χ2n) is 10.2. The molecule has 208 valence electrons. The number of benzene rings is 3. The highest BCUT2D eigenvalue weighted by Gasteiger charge is 2.33. The third-order valence-corrected chi connectivity index (χ3v) is 8.59. The van der Waals surface area contributed by atoms with E-state index in [1.807, 2.05) is 71.0 Å². The summed E-state index contributed by atoms with van der Waals surface area (Å²) in [5, 5.41) is 2.87. The van der Waals surface area contributed by atoms with Crippen LogP contribution in [0.25, 0.3) is 0 Å². The van der Waals surface area contributed by atoms with Crippen molar-refractivity contribution in [3.8, 4) is 0 Å². The molecule has 8 heteroatoms. The molecule has 0 radical (unpaired) electrons. The highest BCUT2D eigenvalue weighted by atomic mass is 32.2. The normalized spacial score (nSPS) is 12.2. The Morgan fingerprint density at radius 2 is 1.49 bits per heavy atom. The largest absolute Gasteiger partial charge is 0.352 e. The van der Waals surface area contributed by atoms with Crippen LogP contribution in [0.1, 0.15) is 43.0 Å². The minimum absolute atomic E-state index is 0.0978. The van der Waals surface area contributed by atoms with Crippen LogP contribution in [0.5, 0.6) is 0 Å². The average Bonchev–Trinajstić information content (AvgIpc) is 2.89. The second-order valence-corrected chi connectivity index (χ2v) is 12.1. The van der Waals surface area contributed by atoms with Crippen molar-refractivity contribution in [3.05, 3.63) is 95.1 Å². The second kappa shape index (κ2) is 12.9. The van der Waals surface area contributed by atoms with E-state index in [4.69, 9.17) is 0 Å². The van der Waals surface area contributed by atoms with Gasteiger partial charge in [0.2, 0.25) is 11.8 Å². The standard InChI is InChI=1S/C31H39N3O4S/c1-22(2)32-31(36)26(6)33(20-19-27-12-8-7-9-13-27)30(35)21-34(29-14-10-11-24(4)25(29)5)39(37,38)28-17-15-23(3)16-18-28/h7-18,22,26H,19-21H2,1-6H3,(H,32,36). The molecule has 39 heavy (non-hydrogen) atoms. The maximum Gasteiger partial charge on any atom is 0.264 e. The summed E-state index contributed by atoms with van der Waals surface area (Å²) in [5.41, 5.74) is 4.06. The maximum absolute atomic E-state index is 14.0. The van der Waals surface area contributed by atoms with Gasteiger partial charge in [-0.25, -0.2) is 8.42 Å². The first-order chi connectivity index (χ1) is 18.4. The molecular weight excluding hydrogens is 510 g/mol. The first-order valence-corrected chi connectivity index (χ1v) is 14.6. The van der Waals surface area contributed by atoms with Gasteiger partial charge < -0.3 is 10.2 Å². The molecule has 0 saturated heterocycles. The van der Waals surface area contributed by atoms with Gasteiger partial charge in [-0.2, -0.15) is 0 Å². The number of carbonyl (C=O) groups excluding carboxylic acids is 2. The van der Waals surface area contributed by atoms with Gasteiger partial charge >= 0.3 is 0 Å². The first kappa shape index (κ1) is 29.9. The summed E-state index contributed by atoms with van der Waals surface area (Å²) < 4.78 is 29.1. The lowest BCUT2D eigenvalue weighted by atomic mass is 10.1. The van der Waals surface area contributed by atoms with Crippen molar-refractivity contribution >= 4 is 27.5 Å². The Morgan fingerprint density at radius 3 is 2.10 bits per heavy atom. The van der Waals surface area contributed by atoms with Crippen LogP contribution in [-0.4, -0.2) is 50.3 Å². The third-order valence-electron chi connectivity index (χ3n) is 6.82. The lowest BCUT2D eigenvalue weighted by molar-refractivity contribution is -0.139. The molecule has 3 aromatic rings. The maximum atomic E-state index is 14.0. The van der Waals surface area contributed by atoms with Gasteiger partial charge in [-0.3, -0.25) is 13.9 Å². The van der Waals surface area contributed by atoms with Crippen LogP contribution in [0.15, 0.2) is 77.7 Å². The van der Waals surface area contributed by atoms with Crippen molar-refractivity contribution in [3.63, 3.8) is 0 Å². The van der Waals surface area contributed by atoms with E-state index in [1.165, 1.54) is 9.21 Å². The predicted octanol–water partition coefficient (Wildman–Crippen LogP) is 4.79. The average molecular weight is 550 g/mol. The smallest absolute Gasteiger partial charge is 0.264 e. The van der Waals surface area contributed by atoms with Crippen LogP contribution in [-0.2, 0) is 26.0 Å². The van der Waals surface area contributed by atoms with E-state index >= 15 is 0 Å². The molecule has 3 rings (SSSR count). The van der Waals surface area contributed by atoms with Crippen molar-refractivity contribution in [2.75, 3.05) is 17.4 Å². The topological polar surface area (TPSA) is 86.8 Å². The minimum Gasteiger partial charge on any atom is -0.352 e. The molecular formula is C31H39N3O4S. The molecule has 0 heterocycles. The molecule has 0 aliphatic heterocycles. The van der Waals surface area contributed by atoms with Gasteiger partial charge in [-0.1, -0.05) is 60.2 Å². The Bertz CT molecular complexity index is 1390. The zero-order valence-corrected chi connectivity index (χ0v) is 24.5. The summed E-state index contributed by atoms with van der Waals surface area (Å²) in [5.74, 6) is -0.736. The van der Waals surface area contributed by atoms with Gasteiger partial charge in [-0.15, -0.1) is 0 Å². The van der Waals surface area contributed by atoms with E-state index in [0.717, 1.165) is 22.3 Å². The van der Waals surface area contributed by atoms with E-state index in [1.54, 1.807) is 43.3 Å². The molecule has 1 unspecified atom stereocenters. The van der Waals surface area contributed by atoms with E-state index < -0.39 is 28.5 Å². The van der Waals surface area contributed by atoms with Crippen molar-refractivity contribution < 1.29 is 18.0 Å². The first-order valence-electron chi connectivity index (χ1n) is 13.2. The number of hydrogen-bond donors (Lipinski definition) is 1. The number of rotatable bonds is 11. The molecule has 3 aromatic carbocycles. The zero-order chi connectivity index (χ0) is 28.7. The van der Waals surface area contributed by atoms with Crippen molar-refractivity contribution in [1.29, 1.82) is 0 Å². The minimum atomic E-state index is -4.09. The molecule has 2 amide bonds. The van der Waals surface area contributed by atoms with Crippen LogP contribution in [0, 0.1) is 20.8 Å². The lowest BCUT2D eigenvalue weighted by Crippen LogP contribution is -2.53. The van der Waals surface area contributed by atoms with E-state index in [2.05, 4.69) is 5.32 Å². The summed E-state index contributed by atoms with van der Waals surface area (Å²) in [7, 11) is -4.09. The van der Waals surface area contributed by atoms with E-state index in [9.17, 15) is 18.0 Å². The zero-order valence-electron chi connectivity index (χ0n) is 23.6. The summed E-state index contributed by atoms with van der Waals surface area (Å²) in [6, 6.07) is 20.8. The van der Waals surface area contributed by atoms with E-state index in [0.29, 0.717) is 12.1 Å².